The molecule has 0 spiro atoms. The number of hydrogen-bond acceptors (Lipinski definition) is 5. The molecule has 0 aliphatic rings. The summed E-state index contributed by atoms with van der Waals surface area (Å²) in [5, 5.41) is 9.67. The largest absolute Gasteiger partial charge is 0.462 e. The highest BCUT2D eigenvalue weighted by atomic mass is 16.6. The van der Waals surface area contributed by atoms with E-state index in [0.29, 0.717) is 12.8 Å². The molecule has 404 valence electrons. The molecule has 1 N–H and O–H groups in total. The van der Waals surface area contributed by atoms with Crippen LogP contribution >= 0.6 is 0 Å². The van der Waals surface area contributed by atoms with Crippen LogP contribution in [0.4, 0.5) is 0 Å². The van der Waals surface area contributed by atoms with Gasteiger partial charge in [0.15, 0.2) is 6.10 Å². The van der Waals surface area contributed by atoms with E-state index in [0.717, 1.165) is 77.0 Å². The molecule has 0 saturated carbocycles. The minimum atomic E-state index is -0.777. The minimum Gasteiger partial charge on any atom is -0.462 e. The summed E-state index contributed by atoms with van der Waals surface area (Å²) in [6.45, 7) is 4.05. The van der Waals surface area contributed by atoms with E-state index >= 15 is 0 Å². The fourth-order valence-electron chi connectivity index (χ4n) is 8.67. The Balaban J connectivity index is 3.49. The normalized spacial score (nSPS) is 12.8. The summed E-state index contributed by atoms with van der Waals surface area (Å²) >= 11 is 0. The molecule has 0 aromatic rings. The Hall–Kier alpha value is -2.92. The van der Waals surface area contributed by atoms with Gasteiger partial charge in [0.05, 0.1) is 6.61 Å². The molecule has 0 radical (unpaired) electrons. The molecule has 0 heterocycles. The molecule has 0 aromatic heterocycles. The van der Waals surface area contributed by atoms with E-state index < -0.39 is 6.10 Å². The third-order valence-electron chi connectivity index (χ3n) is 13.2. The summed E-state index contributed by atoms with van der Waals surface area (Å²) in [4.78, 5) is 24.6. The molecule has 5 nitrogen and oxygen atoms in total. The first kappa shape index (κ1) is 67.1. The van der Waals surface area contributed by atoms with Gasteiger partial charge in [0, 0.05) is 12.8 Å². The Kier molecular flexibility index (Phi) is 57.9. The van der Waals surface area contributed by atoms with Crippen LogP contribution in [0.1, 0.15) is 296 Å². The van der Waals surface area contributed by atoms with Crippen LogP contribution in [0.15, 0.2) is 85.1 Å². The zero-order valence-corrected chi connectivity index (χ0v) is 46.3. The molecule has 1 atom stereocenters. The Morgan fingerprint density at radius 2 is 0.614 bits per heavy atom. The highest BCUT2D eigenvalue weighted by Gasteiger charge is 2.16. The van der Waals surface area contributed by atoms with Crippen molar-refractivity contribution < 1.29 is 24.2 Å². The van der Waals surface area contributed by atoms with Crippen molar-refractivity contribution in [3.8, 4) is 0 Å². The number of aliphatic hydroxyl groups is 1. The number of hydrogen-bond donors (Lipinski definition) is 1. The molecule has 1 unspecified atom stereocenters. The fraction of sp³-hybridized carbons (Fsp3) is 0.754. The molecule has 0 aromatic carbocycles. The average molecular weight is 976 g/mol. The number of unbranched alkanes of at least 4 members (excludes halogenated alkanes) is 33. The van der Waals surface area contributed by atoms with Crippen LogP contribution in [0, 0.1) is 0 Å². The van der Waals surface area contributed by atoms with Crippen molar-refractivity contribution in [2.45, 2.75) is 302 Å². The number of aliphatic hydroxyl groups excluding tert-OH is 1. The van der Waals surface area contributed by atoms with Crippen molar-refractivity contribution in [3.05, 3.63) is 85.1 Å². The lowest BCUT2D eigenvalue weighted by Gasteiger charge is -2.15. The summed E-state index contributed by atoms with van der Waals surface area (Å²) in [7, 11) is 0. The zero-order valence-electron chi connectivity index (χ0n) is 46.3. The van der Waals surface area contributed by atoms with Crippen LogP contribution in [-0.2, 0) is 19.1 Å². The molecule has 0 fully saturated rings. The van der Waals surface area contributed by atoms with E-state index in [1.807, 2.05) is 0 Å². The predicted octanol–water partition coefficient (Wildman–Crippen LogP) is 20.5. The van der Waals surface area contributed by atoms with Gasteiger partial charge >= 0.3 is 11.9 Å². The molecule has 0 aliphatic carbocycles. The quantitative estimate of drug-likeness (QED) is 0.0373. The highest BCUT2D eigenvalue weighted by molar-refractivity contribution is 5.70. The van der Waals surface area contributed by atoms with Crippen LogP contribution < -0.4 is 0 Å². The summed E-state index contributed by atoms with van der Waals surface area (Å²) in [5.41, 5.74) is 0. The molecule has 0 bridgehead atoms. The van der Waals surface area contributed by atoms with Gasteiger partial charge in [-0.25, -0.2) is 0 Å². The van der Waals surface area contributed by atoms with Gasteiger partial charge < -0.3 is 14.6 Å². The Labute approximate surface area is 435 Å². The number of carbonyl (C=O) groups excluding carboxylic acids is 2. The number of rotatable bonds is 55. The third-order valence-corrected chi connectivity index (χ3v) is 13.2. The molecule has 70 heavy (non-hydrogen) atoms. The van der Waals surface area contributed by atoms with Crippen LogP contribution in [0.25, 0.3) is 0 Å². The van der Waals surface area contributed by atoms with Crippen LogP contribution in [0.3, 0.4) is 0 Å². The van der Waals surface area contributed by atoms with Gasteiger partial charge in [-0.1, -0.05) is 279 Å². The summed E-state index contributed by atoms with van der Waals surface area (Å²) in [6, 6.07) is 0. The van der Waals surface area contributed by atoms with E-state index in [4.69, 9.17) is 9.47 Å². The Morgan fingerprint density at radius 1 is 0.343 bits per heavy atom. The van der Waals surface area contributed by atoms with E-state index in [1.54, 1.807) is 0 Å². The van der Waals surface area contributed by atoms with E-state index in [2.05, 4.69) is 98.9 Å². The minimum absolute atomic E-state index is 0.0673. The second-order valence-electron chi connectivity index (χ2n) is 20.0. The van der Waals surface area contributed by atoms with Gasteiger partial charge in [-0.05, 0) is 89.9 Å². The van der Waals surface area contributed by atoms with E-state index in [1.165, 1.54) is 193 Å². The van der Waals surface area contributed by atoms with Crippen molar-refractivity contribution in [3.63, 3.8) is 0 Å². The monoisotopic (exact) mass is 975 g/mol. The van der Waals surface area contributed by atoms with Crippen LogP contribution in [0.5, 0.6) is 0 Å². The molecule has 0 saturated heterocycles. The number of carbonyl (C=O) groups is 2. The maximum Gasteiger partial charge on any atom is 0.306 e. The molecule has 0 rings (SSSR count). The van der Waals surface area contributed by atoms with Gasteiger partial charge in [-0.2, -0.15) is 0 Å². The smallest absolute Gasteiger partial charge is 0.306 e. The molecular weight excluding hydrogens is 861 g/mol. The lowest BCUT2D eigenvalue weighted by Crippen LogP contribution is -2.28. The maximum atomic E-state index is 12.3. The van der Waals surface area contributed by atoms with Crippen molar-refractivity contribution in [2.24, 2.45) is 0 Å². The standard InChI is InChI=1S/C65H114O5/c1-3-5-7-9-11-13-15-17-19-21-23-25-27-29-30-31-32-33-34-36-38-40-42-44-46-48-50-52-54-56-58-60-65(68)70-63(61-66)62-69-64(67)59-57-55-53-51-49-47-45-43-41-39-37-35-28-26-24-22-20-18-16-14-12-10-8-6-4-2/h5,7,11,13,17,19,22-25,29-30,32-33,63,66H,3-4,6,8-10,12,14-16,18,20-21,26-28,31,34-62H2,1-2H3/b7-5-,13-11-,19-17-,24-22-,25-23-,30-29-,33-32-. The Morgan fingerprint density at radius 3 is 0.943 bits per heavy atom. The number of ether oxygens (including phenoxy) is 2. The summed E-state index contributed by atoms with van der Waals surface area (Å²) in [5.74, 6) is -0.585. The van der Waals surface area contributed by atoms with Crippen LogP contribution in [0.2, 0.25) is 0 Å². The van der Waals surface area contributed by atoms with Gasteiger partial charge in [-0.15, -0.1) is 0 Å². The summed E-state index contributed by atoms with van der Waals surface area (Å²) < 4.78 is 10.7. The second kappa shape index (κ2) is 60.4. The molecule has 0 aliphatic heterocycles. The van der Waals surface area contributed by atoms with Crippen molar-refractivity contribution >= 4 is 11.9 Å². The van der Waals surface area contributed by atoms with Crippen molar-refractivity contribution in [1.29, 1.82) is 0 Å². The molecular formula is C65H114O5. The first-order chi connectivity index (χ1) is 34.6. The second-order valence-corrected chi connectivity index (χ2v) is 20.0. The van der Waals surface area contributed by atoms with Gasteiger partial charge in [0.2, 0.25) is 0 Å². The van der Waals surface area contributed by atoms with E-state index in [-0.39, 0.29) is 25.2 Å². The summed E-state index contributed by atoms with van der Waals surface area (Å²) in [6.07, 6.45) is 84.2. The zero-order chi connectivity index (χ0) is 50.6. The first-order valence-corrected chi connectivity index (χ1v) is 30.1. The average Bonchev–Trinajstić information content (AvgIpc) is 3.36. The molecule has 5 heteroatoms. The Bertz CT molecular complexity index is 1290. The van der Waals surface area contributed by atoms with Gasteiger partial charge in [0.25, 0.3) is 0 Å². The maximum absolute atomic E-state index is 12.3. The molecule has 0 amide bonds. The SMILES string of the molecule is CC/C=C\C/C=C\C/C=C\C/C=C\C/C=C\C/C=C\CCCCCCCCCCCCCCC(=O)OC(CO)COC(=O)CCCCCCCCCCCCCCC/C=C\CCCCCCCCCC. The van der Waals surface area contributed by atoms with Crippen LogP contribution in [-0.4, -0.2) is 36.4 Å². The van der Waals surface area contributed by atoms with Crippen molar-refractivity contribution in [2.75, 3.05) is 13.2 Å². The highest BCUT2D eigenvalue weighted by Crippen LogP contribution is 2.16. The van der Waals surface area contributed by atoms with Gasteiger partial charge in [-0.3, -0.25) is 9.59 Å². The topological polar surface area (TPSA) is 72.8 Å². The lowest BCUT2D eigenvalue weighted by atomic mass is 10.0. The fourth-order valence-corrected chi connectivity index (χ4v) is 8.67. The first-order valence-electron chi connectivity index (χ1n) is 30.1. The number of esters is 2. The van der Waals surface area contributed by atoms with Crippen molar-refractivity contribution in [1.82, 2.24) is 0 Å². The third kappa shape index (κ3) is 57.7. The predicted molar refractivity (Wildman–Crippen MR) is 306 cm³/mol. The lowest BCUT2D eigenvalue weighted by molar-refractivity contribution is -0.161. The van der Waals surface area contributed by atoms with E-state index in [9.17, 15) is 14.7 Å². The number of allylic oxidation sites excluding steroid dienone is 14. The van der Waals surface area contributed by atoms with Gasteiger partial charge in [0.1, 0.15) is 6.61 Å².